The molecule has 0 unspecified atom stereocenters. The number of nitrogens with zero attached hydrogens (tertiary/aromatic N) is 2. The molecular weight excluding hydrogens is 232 g/mol. The Hall–Kier alpha value is -1.46. The van der Waals surface area contributed by atoms with Gasteiger partial charge in [0.15, 0.2) is 0 Å². The van der Waals surface area contributed by atoms with E-state index in [9.17, 15) is 9.59 Å². The molecule has 0 radical (unpaired) electrons. The molecule has 0 aliphatic carbocycles. The van der Waals surface area contributed by atoms with Crippen LogP contribution in [-0.2, 0) is 0 Å². The van der Waals surface area contributed by atoms with Crippen LogP contribution in [-0.4, -0.2) is 48.0 Å². The largest absolute Gasteiger partial charge is 0.336 e. The minimum atomic E-state index is -0.277. The first-order valence-electron chi connectivity index (χ1n) is 6.70. The summed E-state index contributed by atoms with van der Waals surface area (Å²) in [6.45, 7) is 10.4. The molecule has 106 valence electrons. The molecule has 0 heterocycles. The number of hydrazine groups is 1. The zero-order valence-corrected chi connectivity index (χ0v) is 12.0. The second kappa shape index (κ2) is 9.56. The van der Waals surface area contributed by atoms with E-state index in [1.54, 1.807) is 9.80 Å². The maximum atomic E-state index is 11.8. The molecule has 6 nitrogen and oxygen atoms in total. The average molecular weight is 258 g/mol. The summed E-state index contributed by atoms with van der Waals surface area (Å²) in [5.41, 5.74) is 4.87. The highest BCUT2D eigenvalue weighted by Gasteiger charge is 2.14. The molecule has 0 aromatic carbocycles. The maximum Gasteiger partial charge on any atom is 0.336 e. The lowest BCUT2D eigenvalue weighted by Crippen LogP contribution is -2.53. The maximum absolute atomic E-state index is 11.8. The number of nitrogens with one attached hydrogen (secondary N) is 2. The second-order valence-corrected chi connectivity index (χ2v) is 4.02. The van der Waals surface area contributed by atoms with Crippen LogP contribution in [0.15, 0.2) is 0 Å². The molecule has 0 aromatic rings. The lowest BCUT2D eigenvalue weighted by Gasteiger charge is -2.24. The molecule has 18 heavy (non-hydrogen) atoms. The summed E-state index contributed by atoms with van der Waals surface area (Å²) < 4.78 is 0. The van der Waals surface area contributed by atoms with E-state index >= 15 is 0 Å². The fraction of sp³-hybridized carbons (Fsp3) is 0.833. The van der Waals surface area contributed by atoms with Crippen molar-refractivity contribution in [1.29, 1.82) is 0 Å². The summed E-state index contributed by atoms with van der Waals surface area (Å²) in [6, 6.07) is -0.527. The Morgan fingerprint density at radius 2 is 1.17 bits per heavy atom. The van der Waals surface area contributed by atoms with Gasteiger partial charge in [-0.3, -0.25) is 0 Å². The molecule has 0 saturated carbocycles. The highest BCUT2D eigenvalue weighted by atomic mass is 16.2. The predicted octanol–water partition coefficient (Wildman–Crippen LogP) is 1.78. The quantitative estimate of drug-likeness (QED) is 0.713. The van der Waals surface area contributed by atoms with Crippen LogP contribution < -0.4 is 10.9 Å². The third-order valence-corrected chi connectivity index (χ3v) is 2.60. The SMILES string of the molecule is CCCN(CCC)C(=O)NNC(=O)N(CC)CC. The molecule has 0 saturated heterocycles. The molecule has 0 aliphatic heterocycles. The summed E-state index contributed by atoms with van der Waals surface area (Å²) in [7, 11) is 0. The first kappa shape index (κ1) is 16.5. The Morgan fingerprint density at radius 3 is 1.50 bits per heavy atom. The predicted molar refractivity (Wildman–Crippen MR) is 72.1 cm³/mol. The molecule has 0 aromatic heterocycles. The minimum Gasteiger partial charge on any atom is -0.324 e. The van der Waals surface area contributed by atoms with Crippen molar-refractivity contribution in [3.63, 3.8) is 0 Å². The van der Waals surface area contributed by atoms with Crippen molar-refractivity contribution >= 4 is 12.1 Å². The number of urea groups is 2. The van der Waals surface area contributed by atoms with E-state index in [2.05, 4.69) is 10.9 Å². The van der Waals surface area contributed by atoms with Gasteiger partial charge in [0.2, 0.25) is 0 Å². The fourth-order valence-corrected chi connectivity index (χ4v) is 1.63. The number of amides is 4. The second-order valence-electron chi connectivity index (χ2n) is 4.02. The molecule has 0 spiro atoms. The zero-order valence-electron chi connectivity index (χ0n) is 12.0. The molecule has 2 N–H and O–H groups in total. The summed E-state index contributed by atoms with van der Waals surface area (Å²) in [5.74, 6) is 0. The summed E-state index contributed by atoms with van der Waals surface area (Å²) in [5, 5.41) is 0. The van der Waals surface area contributed by atoms with Crippen LogP contribution in [0.5, 0.6) is 0 Å². The molecule has 4 amide bonds. The summed E-state index contributed by atoms with van der Waals surface area (Å²) in [6.07, 6.45) is 1.80. The Labute approximate surface area is 110 Å². The van der Waals surface area contributed by atoms with E-state index < -0.39 is 0 Å². The number of hydrogen-bond donors (Lipinski definition) is 2. The van der Waals surface area contributed by atoms with Gasteiger partial charge in [-0.15, -0.1) is 0 Å². The standard InChI is InChI=1S/C12H26N4O2/c1-5-9-16(10-6-2)12(18)14-13-11(17)15(7-3)8-4/h5-10H2,1-4H3,(H,13,17)(H,14,18). The summed E-state index contributed by atoms with van der Waals surface area (Å²) in [4.78, 5) is 26.7. The lowest BCUT2D eigenvalue weighted by molar-refractivity contribution is 0.180. The average Bonchev–Trinajstić information content (AvgIpc) is 2.37. The van der Waals surface area contributed by atoms with Crippen LogP contribution in [0, 0.1) is 0 Å². The number of carbonyl (C=O) groups excluding carboxylic acids is 2. The Kier molecular flexibility index (Phi) is 8.78. The van der Waals surface area contributed by atoms with Crippen LogP contribution in [0.1, 0.15) is 40.5 Å². The lowest BCUT2D eigenvalue weighted by atomic mass is 10.4. The van der Waals surface area contributed by atoms with Crippen LogP contribution in [0.2, 0.25) is 0 Å². The van der Waals surface area contributed by atoms with E-state index in [1.165, 1.54) is 0 Å². The Bertz CT molecular complexity index is 248. The topological polar surface area (TPSA) is 64.7 Å². The van der Waals surface area contributed by atoms with Gasteiger partial charge in [0.05, 0.1) is 0 Å². The highest BCUT2D eigenvalue weighted by Crippen LogP contribution is 1.94. The molecular formula is C12H26N4O2. The third kappa shape index (κ3) is 5.75. The van der Waals surface area contributed by atoms with Gasteiger partial charge in [0.25, 0.3) is 0 Å². The van der Waals surface area contributed by atoms with Gasteiger partial charge in [-0.05, 0) is 26.7 Å². The molecule has 0 bridgehead atoms. The summed E-state index contributed by atoms with van der Waals surface area (Å²) >= 11 is 0. The Balaban J connectivity index is 4.17. The molecule has 0 rings (SSSR count). The van der Waals surface area contributed by atoms with Crippen LogP contribution in [0.25, 0.3) is 0 Å². The van der Waals surface area contributed by atoms with Gasteiger partial charge in [0.1, 0.15) is 0 Å². The first-order chi connectivity index (χ1) is 8.60. The van der Waals surface area contributed by atoms with Crippen molar-refractivity contribution < 1.29 is 9.59 Å². The van der Waals surface area contributed by atoms with Gasteiger partial charge in [-0.1, -0.05) is 13.8 Å². The van der Waals surface area contributed by atoms with Crippen LogP contribution >= 0.6 is 0 Å². The smallest absolute Gasteiger partial charge is 0.324 e. The van der Waals surface area contributed by atoms with E-state index in [4.69, 9.17) is 0 Å². The molecule has 0 fully saturated rings. The van der Waals surface area contributed by atoms with Gasteiger partial charge >= 0.3 is 12.1 Å². The monoisotopic (exact) mass is 258 g/mol. The van der Waals surface area contributed by atoms with Crippen LogP contribution in [0.4, 0.5) is 9.59 Å². The number of rotatable bonds is 6. The van der Waals surface area contributed by atoms with Gasteiger partial charge in [-0.2, -0.15) is 0 Å². The van der Waals surface area contributed by atoms with Crippen molar-refractivity contribution in [1.82, 2.24) is 20.7 Å². The molecule has 0 atom stereocenters. The number of hydrogen-bond acceptors (Lipinski definition) is 2. The highest BCUT2D eigenvalue weighted by molar-refractivity contribution is 5.80. The van der Waals surface area contributed by atoms with Crippen LogP contribution in [0.3, 0.4) is 0 Å². The third-order valence-electron chi connectivity index (χ3n) is 2.60. The van der Waals surface area contributed by atoms with Crippen molar-refractivity contribution in [2.75, 3.05) is 26.2 Å². The van der Waals surface area contributed by atoms with Gasteiger partial charge in [0, 0.05) is 26.2 Å². The van der Waals surface area contributed by atoms with Gasteiger partial charge < -0.3 is 9.80 Å². The molecule has 0 aliphatic rings. The minimum absolute atomic E-state index is 0.251. The van der Waals surface area contributed by atoms with Crippen molar-refractivity contribution in [3.8, 4) is 0 Å². The zero-order chi connectivity index (χ0) is 14.0. The normalized spacial score (nSPS) is 9.78. The van der Waals surface area contributed by atoms with Crippen molar-refractivity contribution in [2.45, 2.75) is 40.5 Å². The van der Waals surface area contributed by atoms with Gasteiger partial charge in [-0.25, -0.2) is 20.4 Å². The number of carbonyl (C=O) groups is 2. The Morgan fingerprint density at radius 1 is 0.778 bits per heavy atom. The first-order valence-corrected chi connectivity index (χ1v) is 6.70. The molecule has 6 heteroatoms. The van der Waals surface area contributed by atoms with E-state index in [0.29, 0.717) is 26.2 Å². The van der Waals surface area contributed by atoms with E-state index in [1.807, 2.05) is 27.7 Å². The fourth-order valence-electron chi connectivity index (χ4n) is 1.63. The van der Waals surface area contributed by atoms with Crippen molar-refractivity contribution in [3.05, 3.63) is 0 Å². The van der Waals surface area contributed by atoms with E-state index in [-0.39, 0.29) is 12.1 Å². The van der Waals surface area contributed by atoms with E-state index in [0.717, 1.165) is 12.8 Å². The van der Waals surface area contributed by atoms with Crippen molar-refractivity contribution in [2.24, 2.45) is 0 Å².